The summed E-state index contributed by atoms with van der Waals surface area (Å²) in [7, 11) is 1.57. The molecule has 3 rings (SSSR count). The Morgan fingerprint density at radius 1 is 1.26 bits per heavy atom. The molecule has 0 bridgehead atoms. The van der Waals surface area contributed by atoms with Crippen molar-refractivity contribution in [2.24, 2.45) is 5.92 Å². The van der Waals surface area contributed by atoms with E-state index in [0.717, 1.165) is 43.6 Å². The summed E-state index contributed by atoms with van der Waals surface area (Å²) >= 11 is 0. The SMILES string of the molecule is CCOC(=O)C1CCN(Cc2cncc(-c3cc(F)ccc3OC)c2)CC1. The molecule has 0 unspecified atom stereocenters. The molecule has 1 aromatic heterocycles. The Kier molecular flexibility index (Phi) is 6.40. The third-order valence-corrected chi connectivity index (χ3v) is 4.88. The molecule has 2 aromatic rings. The van der Waals surface area contributed by atoms with Gasteiger partial charge < -0.3 is 9.47 Å². The lowest BCUT2D eigenvalue weighted by Crippen LogP contribution is -2.36. The molecule has 1 aliphatic heterocycles. The van der Waals surface area contributed by atoms with Crippen molar-refractivity contribution in [3.8, 4) is 16.9 Å². The number of rotatable bonds is 6. The molecule has 0 spiro atoms. The fraction of sp³-hybridized carbons (Fsp3) is 0.429. The number of halogens is 1. The molecule has 6 heteroatoms. The Balaban J connectivity index is 1.67. The number of likely N-dealkylation sites (tertiary alicyclic amines) is 1. The van der Waals surface area contributed by atoms with Gasteiger partial charge in [0.15, 0.2) is 0 Å². The second-order valence-corrected chi connectivity index (χ2v) is 6.73. The van der Waals surface area contributed by atoms with E-state index in [0.29, 0.717) is 17.9 Å². The average molecular weight is 372 g/mol. The van der Waals surface area contributed by atoms with Crippen LogP contribution in [-0.4, -0.2) is 42.7 Å². The van der Waals surface area contributed by atoms with Gasteiger partial charge in [-0.1, -0.05) is 0 Å². The molecule has 0 aliphatic carbocycles. The summed E-state index contributed by atoms with van der Waals surface area (Å²) in [6.07, 6.45) is 5.16. The van der Waals surface area contributed by atoms with Crippen LogP contribution in [0.1, 0.15) is 25.3 Å². The number of carbonyl (C=O) groups excluding carboxylic acids is 1. The molecule has 1 aromatic carbocycles. The van der Waals surface area contributed by atoms with Gasteiger partial charge in [0, 0.05) is 30.1 Å². The van der Waals surface area contributed by atoms with Gasteiger partial charge in [0.2, 0.25) is 0 Å². The third kappa shape index (κ3) is 4.83. The number of nitrogens with zero attached hydrogens (tertiary/aromatic N) is 2. The van der Waals surface area contributed by atoms with E-state index >= 15 is 0 Å². The highest BCUT2D eigenvalue weighted by molar-refractivity contribution is 5.72. The summed E-state index contributed by atoms with van der Waals surface area (Å²) < 4.78 is 24.1. The number of benzene rings is 1. The van der Waals surface area contributed by atoms with Crippen LogP contribution >= 0.6 is 0 Å². The lowest BCUT2D eigenvalue weighted by molar-refractivity contribution is -0.149. The number of pyridine rings is 1. The Morgan fingerprint density at radius 2 is 2.04 bits per heavy atom. The van der Waals surface area contributed by atoms with Crippen molar-refractivity contribution in [2.75, 3.05) is 26.8 Å². The number of piperidine rings is 1. The minimum Gasteiger partial charge on any atom is -0.496 e. The van der Waals surface area contributed by atoms with Crippen LogP contribution in [0.2, 0.25) is 0 Å². The minimum absolute atomic E-state index is 0.00205. The summed E-state index contributed by atoms with van der Waals surface area (Å²) in [6.45, 7) is 4.70. The highest BCUT2D eigenvalue weighted by Crippen LogP contribution is 2.31. The molecule has 1 saturated heterocycles. The van der Waals surface area contributed by atoms with Crippen LogP contribution in [0, 0.1) is 11.7 Å². The lowest BCUT2D eigenvalue weighted by Gasteiger charge is -2.30. The van der Waals surface area contributed by atoms with Crippen LogP contribution in [0.3, 0.4) is 0 Å². The van der Waals surface area contributed by atoms with Crippen molar-refractivity contribution in [3.05, 3.63) is 48.0 Å². The maximum Gasteiger partial charge on any atom is 0.309 e. The van der Waals surface area contributed by atoms with Gasteiger partial charge in [-0.05, 0) is 62.7 Å². The summed E-state index contributed by atoms with van der Waals surface area (Å²) in [5.41, 5.74) is 2.56. The van der Waals surface area contributed by atoms with Crippen LogP contribution in [-0.2, 0) is 16.1 Å². The molecule has 144 valence electrons. The lowest BCUT2D eigenvalue weighted by atomic mass is 9.96. The number of hydrogen-bond donors (Lipinski definition) is 0. The fourth-order valence-corrected chi connectivity index (χ4v) is 3.47. The number of carbonyl (C=O) groups is 1. The van der Waals surface area contributed by atoms with Gasteiger partial charge >= 0.3 is 5.97 Å². The van der Waals surface area contributed by atoms with Crippen molar-refractivity contribution in [2.45, 2.75) is 26.3 Å². The zero-order valence-electron chi connectivity index (χ0n) is 15.8. The fourth-order valence-electron chi connectivity index (χ4n) is 3.47. The van der Waals surface area contributed by atoms with Gasteiger partial charge in [-0.25, -0.2) is 4.39 Å². The molecule has 2 heterocycles. The van der Waals surface area contributed by atoms with E-state index < -0.39 is 0 Å². The number of aromatic nitrogens is 1. The number of ether oxygens (including phenoxy) is 2. The maximum atomic E-state index is 13.7. The quantitative estimate of drug-likeness (QED) is 0.724. The molecule has 0 atom stereocenters. The van der Waals surface area contributed by atoms with Crippen molar-refractivity contribution in [1.29, 1.82) is 0 Å². The zero-order chi connectivity index (χ0) is 19.2. The average Bonchev–Trinajstić information content (AvgIpc) is 2.69. The topological polar surface area (TPSA) is 51.7 Å². The van der Waals surface area contributed by atoms with E-state index in [1.165, 1.54) is 12.1 Å². The summed E-state index contributed by atoms with van der Waals surface area (Å²) in [5, 5.41) is 0. The van der Waals surface area contributed by atoms with Gasteiger partial charge in [-0.15, -0.1) is 0 Å². The van der Waals surface area contributed by atoms with Crippen molar-refractivity contribution in [1.82, 2.24) is 9.88 Å². The second-order valence-electron chi connectivity index (χ2n) is 6.73. The van der Waals surface area contributed by atoms with Gasteiger partial charge in [0.25, 0.3) is 0 Å². The van der Waals surface area contributed by atoms with Crippen LogP contribution in [0.25, 0.3) is 11.1 Å². The molecular formula is C21H25FN2O3. The standard InChI is InChI=1S/C21H25FN2O3/c1-3-27-21(25)16-6-8-24(9-7-16)14-15-10-17(13-23-12-15)19-11-18(22)4-5-20(19)26-2/h4-5,10-13,16H,3,6-9,14H2,1-2H3. The Labute approximate surface area is 159 Å². The first kappa shape index (κ1) is 19.3. The normalized spacial score (nSPS) is 15.5. The molecule has 5 nitrogen and oxygen atoms in total. The zero-order valence-corrected chi connectivity index (χ0v) is 15.8. The Hall–Kier alpha value is -2.47. The largest absolute Gasteiger partial charge is 0.496 e. The van der Waals surface area contributed by atoms with Gasteiger partial charge in [0.05, 0.1) is 19.6 Å². The molecule has 1 aliphatic rings. The minimum atomic E-state index is -0.308. The highest BCUT2D eigenvalue weighted by atomic mass is 19.1. The van der Waals surface area contributed by atoms with Gasteiger partial charge in [-0.3, -0.25) is 14.7 Å². The molecule has 0 saturated carbocycles. The Morgan fingerprint density at radius 3 is 2.74 bits per heavy atom. The Bertz CT molecular complexity index is 789. The van der Waals surface area contributed by atoms with Crippen molar-refractivity contribution >= 4 is 5.97 Å². The van der Waals surface area contributed by atoms with Gasteiger partial charge in [-0.2, -0.15) is 0 Å². The maximum absolute atomic E-state index is 13.7. The molecule has 0 radical (unpaired) electrons. The van der Waals surface area contributed by atoms with Crippen LogP contribution in [0.15, 0.2) is 36.7 Å². The first-order chi connectivity index (χ1) is 13.1. The van der Waals surface area contributed by atoms with Crippen LogP contribution in [0.4, 0.5) is 4.39 Å². The van der Waals surface area contributed by atoms with Crippen molar-refractivity contribution < 1.29 is 18.7 Å². The van der Waals surface area contributed by atoms with Crippen LogP contribution < -0.4 is 4.74 Å². The smallest absolute Gasteiger partial charge is 0.309 e. The van der Waals surface area contributed by atoms with E-state index in [-0.39, 0.29) is 17.7 Å². The van der Waals surface area contributed by atoms with Gasteiger partial charge in [0.1, 0.15) is 11.6 Å². The van der Waals surface area contributed by atoms with E-state index in [4.69, 9.17) is 9.47 Å². The molecular weight excluding hydrogens is 347 g/mol. The number of methoxy groups -OCH3 is 1. The summed E-state index contributed by atoms with van der Waals surface area (Å²) in [6, 6.07) is 6.48. The molecule has 0 N–H and O–H groups in total. The summed E-state index contributed by atoms with van der Waals surface area (Å²) in [5.74, 6) is 0.226. The highest BCUT2D eigenvalue weighted by Gasteiger charge is 2.26. The van der Waals surface area contributed by atoms with E-state index in [9.17, 15) is 9.18 Å². The first-order valence-electron chi connectivity index (χ1n) is 9.27. The predicted molar refractivity (Wildman–Crippen MR) is 101 cm³/mol. The van der Waals surface area contributed by atoms with E-state index in [2.05, 4.69) is 9.88 Å². The second kappa shape index (κ2) is 8.95. The molecule has 1 fully saturated rings. The number of esters is 1. The van der Waals surface area contributed by atoms with Crippen LogP contribution in [0.5, 0.6) is 5.75 Å². The molecule has 27 heavy (non-hydrogen) atoms. The monoisotopic (exact) mass is 372 g/mol. The first-order valence-corrected chi connectivity index (χ1v) is 9.27. The predicted octanol–water partition coefficient (Wildman–Crippen LogP) is 3.67. The number of hydrogen-bond acceptors (Lipinski definition) is 5. The van der Waals surface area contributed by atoms with Crippen molar-refractivity contribution in [3.63, 3.8) is 0 Å². The molecule has 0 amide bonds. The third-order valence-electron chi connectivity index (χ3n) is 4.88. The van der Waals surface area contributed by atoms with E-state index in [1.807, 2.05) is 19.2 Å². The summed E-state index contributed by atoms with van der Waals surface area (Å²) in [4.78, 5) is 18.5. The van der Waals surface area contributed by atoms with E-state index in [1.54, 1.807) is 19.4 Å².